The summed E-state index contributed by atoms with van der Waals surface area (Å²) in [4.78, 5) is 23.7. The molecule has 0 aliphatic heterocycles. The zero-order chi connectivity index (χ0) is 13.2. The van der Waals surface area contributed by atoms with E-state index in [1.54, 1.807) is 0 Å². The summed E-state index contributed by atoms with van der Waals surface area (Å²) in [7, 11) is 0. The molecule has 0 unspecified atom stereocenters. The Morgan fingerprint density at radius 2 is 0.944 bits per heavy atom. The summed E-state index contributed by atoms with van der Waals surface area (Å²) in [5.41, 5.74) is 0. The molecule has 0 spiro atoms. The molecular weight excluding hydrogens is 288 g/mol. The van der Waals surface area contributed by atoms with Crippen molar-refractivity contribution in [1.29, 1.82) is 0 Å². The summed E-state index contributed by atoms with van der Waals surface area (Å²) >= 11 is 13.5. The fourth-order valence-corrected chi connectivity index (χ4v) is 1.24. The highest BCUT2D eigenvalue weighted by Crippen LogP contribution is 2.01. The quantitative estimate of drug-likeness (QED) is 0.587. The van der Waals surface area contributed by atoms with Crippen LogP contribution in [0, 0.1) is 0 Å². The molecule has 9 heteroatoms. The molecule has 0 saturated heterocycles. The largest absolute Gasteiger partial charge is 0.224 e. The first kappa shape index (κ1) is 14.5. The van der Waals surface area contributed by atoms with Gasteiger partial charge in [0.1, 0.15) is 19.6 Å². The number of aliphatic imine (C=N–C) groups is 3. The Morgan fingerprint density at radius 3 is 1.17 bits per heavy atom. The molecule has 0 radical (unpaired) electrons. The minimum absolute atomic E-state index is 0.231. The third-order valence-electron chi connectivity index (χ3n) is 1.63. The first-order chi connectivity index (χ1) is 8.80. The molecule has 0 aliphatic carbocycles. The van der Waals surface area contributed by atoms with Crippen LogP contribution in [0.2, 0.25) is 0 Å². The topological polar surface area (TPSA) is 75.8 Å². The summed E-state index contributed by atoms with van der Waals surface area (Å²) in [5, 5.41) is 6.73. The summed E-state index contributed by atoms with van der Waals surface area (Å²) in [5.74, 6) is 1.39. The highest BCUT2D eigenvalue weighted by Gasteiger charge is 2.05. The zero-order valence-electron chi connectivity index (χ0n) is 9.03. The van der Waals surface area contributed by atoms with Crippen molar-refractivity contribution < 1.29 is 0 Å². The van der Waals surface area contributed by atoms with Crippen molar-refractivity contribution in [3.8, 4) is 0 Å². The molecule has 0 aliphatic rings. The summed E-state index contributed by atoms with van der Waals surface area (Å²) in [6.45, 7) is 0.692. The molecule has 0 atom stereocenters. The molecule has 90 valence electrons. The van der Waals surface area contributed by atoms with Crippen molar-refractivity contribution in [3.05, 3.63) is 17.5 Å². The van der Waals surface area contributed by atoms with Crippen molar-refractivity contribution in [2.45, 2.75) is 19.6 Å². The van der Waals surface area contributed by atoms with E-state index in [4.69, 9.17) is 0 Å². The van der Waals surface area contributed by atoms with Crippen LogP contribution in [-0.4, -0.2) is 30.4 Å². The fourth-order valence-electron chi connectivity index (χ4n) is 1.04. The van der Waals surface area contributed by atoms with E-state index in [-0.39, 0.29) is 19.6 Å². The van der Waals surface area contributed by atoms with E-state index < -0.39 is 0 Å². The lowest BCUT2D eigenvalue weighted by Crippen LogP contribution is -2.06. The van der Waals surface area contributed by atoms with Crippen LogP contribution in [0.4, 0.5) is 0 Å². The second-order valence-corrected chi connectivity index (χ2v) is 3.35. The maximum absolute atomic E-state index is 4.48. The van der Waals surface area contributed by atoms with E-state index in [1.165, 1.54) is 0 Å². The van der Waals surface area contributed by atoms with E-state index in [0.717, 1.165) is 0 Å². The molecule has 0 N–H and O–H groups in total. The maximum Gasteiger partial charge on any atom is 0.155 e. The molecule has 18 heavy (non-hydrogen) atoms. The molecule has 0 amide bonds. The number of aromatic nitrogens is 3. The second-order valence-electron chi connectivity index (χ2n) is 2.81. The predicted octanol–water partition coefficient (Wildman–Crippen LogP) is 1.68. The van der Waals surface area contributed by atoms with Gasteiger partial charge in [-0.3, -0.25) is 0 Å². The number of nitrogens with zero attached hydrogens (tertiary/aromatic N) is 6. The van der Waals surface area contributed by atoms with Crippen molar-refractivity contribution in [3.63, 3.8) is 0 Å². The van der Waals surface area contributed by atoms with E-state index in [1.807, 2.05) is 0 Å². The number of hydrogen-bond donors (Lipinski definition) is 0. The first-order valence-corrected chi connectivity index (χ1v) is 5.86. The number of rotatable bonds is 6. The Balaban J connectivity index is 3.04. The highest BCUT2D eigenvalue weighted by atomic mass is 32.1. The first-order valence-electron chi connectivity index (χ1n) is 4.63. The average molecular weight is 294 g/mol. The number of thiocarbonyl (C=S) groups is 3. The summed E-state index contributed by atoms with van der Waals surface area (Å²) in [6, 6.07) is 0. The van der Waals surface area contributed by atoms with Gasteiger partial charge in [0.15, 0.2) is 17.5 Å². The average Bonchev–Trinajstić information content (AvgIpc) is 2.40. The van der Waals surface area contributed by atoms with Gasteiger partial charge in [-0.2, -0.15) is 0 Å². The summed E-state index contributed by atoms with van der Waals surface area (Å²) in [6.07, 6.45) is 0. The minimum Gasteiger partial charge on any atom is -0.224 e. The van der Waals surface area contributed by atoms with E-state index >= 15 is 0 Å². The van der Waals surface area contributed by atoms with Crippen LogP contribution < -0.4 is 0 Å². The van der Waals surface area contributed by atoms with Gasteiger partial charge >= 0.3 is 0 Å². The van der Waals surface area contributed by atoms with Crippen LogP contribution in [0.5, 0.6) is 0 Å². The van der Waals surface area contributed by atoms with Crippen molar-refractivity contribution >= 4 is 52.1 Å². The van der Waals surface area contributed by atoms with Crippen LogP contribution >= 0.6 is 36.7 Å². The molecule has 0 bridgehead atoms. The van der Waals surface area contributed by atoms with Gasteiger partial charge in [0.2, 0.25) is 0 Å². The van der Waals surface area contributed by atoms with E-state index in [0.29, 0.717) is 17.5 Å². The van der Waals surface area contributed by atoms with Gasteiger partial charge in [-0.25, -0.2) is 29.9 Å². The maximum atomic E-state index is 4.48. The SMILES string of the molecule is S=C=NCc1nc(CN=C=S)nc(CN=C=S)n1. The van der Waals surface area contributed by atoms with E-state index in [2.05, 4.69) is 82.1 Å². The van der Waals surface area contributed by atoms with Crippen molar-refractivity contribution in [1.82, 2.24) is 15.0 Å². The van der Waals surface area contributed by atoms with Gasteiger partial charge in [0, 0.05) is 0 Å². The van der Waals surface area contributed by atoms with Crippen LogP contribution in [0.1, 0.15) is 17.5 Å². The molecule has 1 heterocycles. The summed E-state index contributed by atoms with van der Waals surface area (Å²) < 4.78 is 0. The molecular formula is C9H6N6S3. The number of hydrogen-bond acceptors (Lipinski definition) is 9. The number of isothiocyanates is 3. The minimum atomic E-state index is 0.231. The smallest absolute Gasteiger partial charge is 0.155 e. The van der Waals surface area contributed by atoms with Gasteiger partial charge in [0.25, 0.3) is 0 Å². The molecule has 6 nitrogen and oxygen atoms in total. The Morgan fingerprint density at radius 1 is 0.667 bits per heavy atom. The fraction of sp³-hybridized carbons (Fsp3) is 0.333. The van der Waals surface area contributed by atoms with Crippen molar-refractivity contribution in [2.24, 2.45) is 15.0 Å². The standard InChI is InChI=1S/C9H6N6S3/c16-4-10-1-7-13-8(2-11-5-17)15-9(14-7)3-12-6-18/h1-3H2. The molecule has 0 saturated carbocycles. The normalized spacial score (nSPS) is 8.67. The molecule has 1 aromatic rings. The second kappa shape index (κ2) is 8.49. The van der Waals surface area contributed by atoms with Crippen LogP contribution in [0.3, 0.4) is 0 Å². The van der Waals surface area contributed by atoms with Gasteiger partial charge in [-0.1, -0.05) is 0 Å². The van der Waals surface area contributed by atoms with Gasteiger partial charge in [-0.15, -0.1) is 0 Å². The van der Waals surface area contributed by atoms with E-state index in [9.17, 15) is 0 Å². The Labute approximate surface area is 119 Å². The third kappa shape index (κ3) is 5.16. The lowest BCUT2D eigenvalue weighted by molar-refractivity contribution is 0.754. The monoisotopic (exact) mass is 294 g/mol. The lowest BCUT2D eigenvalue weighted by atomic mass is 10.5. The molecule has 1 rings (SSSR count). The molecule has 1 aromatic heterocycles. The zero-order valence-corrected chi connectivity index (χ0v) is 11.5. The Bertz CT molecular complexity index is 474. The van der Waals surface area contributed by atoms with Crippen LogP contribution in [0.15, 0.2) is 15.0 Å². The Kier molecular flexibility index (Phi) is 6.83. The van der Waals surface area contributed by atoms with Crippen LogP contribution in [0.25, 0.3) is 0 Å². The van der Waals surface area contributed by atoms with Crippen LogP contribution in [-0.2, 0) is 19.6 Å². The predicted molar refractivity (Wildman–Crippen MR) is 76.0 cm³/mol. The van der Waals surface area contributed by atoms with Gasteiger partial charge in [0.05, 0.1) is 15.5 Å². The lowest BCUT2D eigenvalue weighted by Gasteiger charge is -2.01. The highest BCUT2D eigenvalue weighted by molar-refractivity contribution is 7.78. The molecule has 0 fully saturated rings. The Hall–Kier alpha value is -1.59. The van der Waals surface area contributed by atoms with Gasteiger partial charge in [-0.05, 0) is 36.7 Å². The van der Waals surface area contributed by atoms with Gasteiger partial charge < -0.3 is 0 Å². The molecule has 0 aromatic carbocycles. The van der Waals surface area contributed by atoms with Crippen molar-refractivity contribution in [2.75, 3.05) is 0 Å². The third-order valence-corrected chi connectivity index (χ3v) is 2.02.